The van der Waals surface area contributed by atoms with Crippen molar-refractivity contribution < 1.29 is 4.79 Å². The Hall–Kier alpha value is -1.47. The molecule has 4 heteroatoms. The molecule has 0 saturated carbocycles. The van der Waals surface area contributed by atoms with Crippen molar-refractivity contribution in [2.24, 2.45) is 0 Å². The third kappa shape index (κ3) is 3.50. The van der Waals surface area contributed by atoms with Crippen molar-refractivity contribution in [3.05, 3.63) is 35.4 Å². The Bertz CT molecular complexity index is 439. The number of rotatable bonds is 4. The predicted octanol–water partition coefficient (Wildman–Crippen LogP) is 2.38. The lowest BCUT2D eigenvalue weighted by molar-refractivity contribution is 0.0757. The molecule has 1 unspecified atom stereocenters. The number of hydrogen-bond acceptors (Lipinski definition) is 3. The monoisotopic (exact) mass is 248 g/mol. The Balaban J connectivity index is 2.85. The largest absolute Gasteiger partial charge is 0.338 e. The summed E-state index contributed by atoms with van der Waals surface area (Å²) in [6.45, 7) is 2.02. The van der Waals surface area contributed by atoms with Crippen LogP contribution >= 0.6 is 11.8 Å². The molecule has 0 bridgehead atoms. The maximum absolute atomic E-state index is 12.1. The summed E-state index contributed by atoms with van der Waals surface area (Å²) >= 11 is 1.71. The number of amides is 1. The standard InChI is InChI=1S/C13H16N2OS/c1-10(9-17-3)15(2)13(16)12-6-4-5-11(7-12)8-14/h4-7,10H,9H2,1-3H3. The zero-order valence-corrected chi connectivity index (χ0v) is 11.1. The fourth-order valence-electron chi connectivity index (χ4n) is 1.48. The summed E-state index contributed by atoms with van der Waals surface area (Å²) in [6.07, 6.45) is 2.02. The zero-order valence-electron chi connectivity index (χ0n) is 10.3. The summed E-state index contributed by atoms with van der Waals surface area (Å²) in [7, 11) is 1.79. The number of nitriles is 1. The molecule has 1 aromatic rings. The van der Waals surface area contributed by atoms with Gasteiger partial charge < -0.3 is 4.90 Å². The van der Waals surface area contributed by atoms with E-state index in [9.17, 15) is 4.79 Å². The lowest BCUT2D eigenvalue weighted by Gasteiger charge is -2.24. The van der Waals surface area contributed by atoms with Crippen LogP contribution in [-0.2, 0) is 0 Å². The van der Waals surface area contributed by atoms with Crippen LogP contribution in [0.25, 0.3) is 0 Å². The Labute approximate surface area is 106 Å². The van der Waals surface area contributed by atoms with Gasteiger partial charge in [-0.25, -0.2) is 0 Å². The quantitative estimate of drug-likeness (QED) is 0.821. The summed E-state index contributed by atoms with van der Waals surface area (Å²) in [6, 6.07) is 9.03. The Kier molecular flexibility index (Phi) is 5.05. The normalized spacial score (nSPS) is 11.6. The third-order valence-electron chi connectivity index (χ3n) is 2.63. The van der Waals surface area contributed by atoms with Gasteiger partial charge in [-0.3, -0.25) is 4.79 Å². The van der Waals surface area contributed by atoms with E-state index in [0.29, 0.717) is 11.1 Å². The van der Waals surface area contributed by atoms with Crippen molar-refractivity contribution in [1.29, 1.82) is 5.26 Å². The molecule has 0 aliphatic carbocycles. The molecule has 1 rings (SSSR count). The minimum atomic E-state index is -0.0383. The van der Waals surface area contributed by atoms with Gasteiger partial charge in [0.15, 0.2) is 0 Å². The molecule has 0 heterocycles. The minimum absolute atomic E-state index is 0.0383. The molecule has 90 valence electrons. The van der Waals surface area contributed by atoms with E-state index in [1.165, 1.54) is 0 Å². The molecule has 3 nitrogen and oxygen atoms in total. The molecular weight excluding hydrogens is 232 g/mol. The van der Waals surface area contributed by atoms with Gasteiger partial charge in [0.25, 0.3) is 5.91 Å². The number of thioether (sulfide) groups is 1. The molecule has 0 N–H and O–H groups in total. The number of carbonyl (C=O) groups is 1. The highest BCUT2D eigenvalue weighted by atomic mass is 32.2. The first kappa shape index (κ1) is 13.6. The fraction of sp³-hybridized carbons (Fsp3) is 0.385. The molecular formula is C13H16N2OS. The minimum Gasteiger partial charge on any atom is -0.338 e. The van der Waals surface area contributed by atoms with Crippen LogP contribution in [0.15, 0.2) is 24.3 Å². The molecule has 17 heavy (non-hydrogen) atoms. The van der Waals surface area contributed by atoms with Gasteiger partial charge in [0.05, 0.1) is 11.6 Å². The van der Waals surface area contributed by atoms with Crippen LogP contribution < -0.4 is 0 Å². The van der Waals surface area contributed by atoms with E-state index in [4.69, 9.17) is 5.26 Å². The first-order valence-corrected chi connectivity index (χ1v) is 6.75. The van der Waals surface area contributed by atoms with Crippen molar-refractivity contribution in [3.8, 4) is 6.07 Å². The number of carbonyl (C=O) groups excluding carboxylic acids is 1. The van der Waals surface area contributed by atoms with Gasteiger partial charge in [-0.1, -0.05) is 6.07 Å². The molecule has 0 radical (unpaired) electrons. The Morgan fingerprint density at radius 2 is 2.29 bits per heavy atom. The highest BCUT2D eigenvalue weighted by Crippen LogP contribution is 2.11. The second-order valence-electron chi connectivity index (χ2n) is 3.91. The second-order valence-corrected chi connectivity index (χ2v) is 4.82. The highest BCUT2D eigenvalue weighted by molar-refractivity contribution is 7.98. The number of hydrogen-bond donors (Lipinski definition) is 0. The van der Waals surface area contributed by atoms with Crippen molar-refractivity contribution in [3.63, 3.8) is 0 Å². The van der Waals surface area contributed by atoms with Gasteiger partial charge in [-0.05, 0) is 31.4 Å². The second kappa shape index (κ2) is 6.31. The lowest BCUT2D eigenvalue weighted by Crippen LogP contribution is -2.36. The molecule has 0 aliphatic rings. The zero-order chi connectivity index (χ0) is 12.8. The van der Waals surface area contributed by atoms with Gasteiger partial charge in [0, 0.05) is 24.4 Å². The topological polar surface area (TPSA) is 44.1 Å². The van der Waals surface area contributed by atoms with E-state index in [2.05, 4.69) is 0 Å². The van der Waals surface area contributed by atoms with E-state index >= 15 is 0 Å². The maximum atomic E-state index is 12.1. The lowest BCUT2D eigenvalue weighted by atomic mass is 10.1. The SMILES string of the molecule is CSCC(C)N(C)C(=O)c1cccc(C#N)c1. The van der Waals surface area contributed by atoms with Crippen molar-refractivity contribution >= 4 is 17.7 Å². The van der Waals surface area contributed by atoms with Crippen LogP contribution in [0.3, 0.4) is 0 Å². The first-order valence-electron chi connectivity index (χ1n) is 5.36. The molecule has 1 aromatic carbocycles. The predicted molar refractivity (Wildman–Crippen MR) is 71.1 cm³/mol. The van der Waals surface area contributed by atoms with Crippen LogP contribution in [0.2, 0.25) is 0 Å². The molecule has 1 atom stereocenters. The van der Waals surface area contributed by atoms with Gasteiger partial charge in [0.2, 0.25) is 0 Å². The summed E-state index contributed by atoms with van der Waals surface area (Å²) in [4.78, 5) is 13.9. The molecule has 1 amide bonds. The Morgan fingerprint density at radius 1 is 1.59 bits per heavy atom. The molecule has 0 fully saturated rings. The van der Waals surface area contributed by atoms with Crippen molar-refractivity contribution in [2.45, 2.75) is 13.0 Å². The fourth-order valence-corrected chi connectivity index (χ4v) is 2.18. The van der Waals surface area contributed by atoms with E-state index < -0.39 is 0 Å². The molecule has 0 spiro atoms. The van der Waals surface area contributed by atoms with Crippen molar-refractivity contribution in [2.75, 3.05) is 19.1 Å². The average Bonchev–Trinajstić information content (AvgIpc) is 2.37. The van der Waals surface area contributed by atoms with Crippen LogP contribution in [0.1, 0.15) is 22.8 Å². The third-order valence-corrected chi connectivity index (χ3v) is 3.44. The molecule has 0 aliphatic heterocycles. The van der Waals surface area contributed by atoms with Gasteiger partial charge in [-0.2, -0.15) is 17.0 Å². The molecule has 0 aromatic heterocycles. The average molecular weight is 248 g/mol. The van der Waals surface area contributed by atoms with E-state index in [-0.39, 0.29) is 11.9 Å². The summed E-state index contributed by atoms with van der Waals surface area (Å²) in [5, 5.41) is 8.80. The van der Waals surface area contributed by atoms with Gasteiger partial charge in [0.1, 0.15) is 0 Å². The van der Waals surface area contributed by atoms with E-state index in [1.807, 2.05) is 19.2 Å². The Morgan fingerprint density at radius 3 is 2.88 bits per heavy atom. The summed E-state index contributed by atoms with van der Waals surface area (Å²) in [5.41, 5.74) is 1.08. The maximum Gasteiger partial charge on any atom is 0.253 e. The van der Waals surface area contributed by atoms with Gasteiger partial charge in [-0.15, -0.1) is 0 Å². The van der Waals surface area contributed by atoms with E-state index in [1.54, 1.807) is 48.0 Å². The number of nitrogens with zero attached hydrogens (tertiary/aromatic N) is 2. The van der Waals surface area contributed by atoms with Crippen molar-refractivity contribution in [1.82, 2.24) is 4.90 Å². The van der Waals surface area contributed by atoms with Crippen LogP contribution in [0.4, 0.5) is 0 Å². The number of benzene rings is 1. The highest BCUT2D eigenvalue weighted by Gasteiger charge is 2.17. The summed E-state index contributed by atoms with van der Waals surface area (Å²) in [5.74, 6) is 0.865. The molecule has 0 saturated heterocycles. The van der Waals surface area contributed by atoms with Gasteiger partial charge >= 0.3 is 0 Å². The van der Waals surface area contributed by atoms with Crippen LogP contribution in [0.5, 0.6) is 0 Å². The summed E-state index contributed by atoms with van der Waals surface area (Å²) < 4.78 is 0. The van der Waals surface area contributed by atoms with Crippen LogP contribution in [-0.4, -0.2) is 35.9 Å². The first-order chi connectivity index (χ1) is 8.10. The van der Waals surface area contributed by atoms with E-state index in [0.717, 1.165) is 5.75 Å². The smallest absolute Gasteiger partial charge is 0.253 e. The van der Waals surface area contributed by atoms with Crippen LogP contribution in [0, 0.1) is 11.3 Å².